The molecule has 1 heterocycles. The summed E-state index contributed by atoms with van der Waals surface area (Å²) in [5.74, 6) is -0.969. The van der Waals surface area contributed by atoms with Gasteiger partial charge in [0, 0.05) is 38.6 Å². The molecule has 0 bridgehead atoms. The van der Waals surface area contributed by atoms with Crippen molar-refractivity contribution in [1.29, 1.82) is 0 Å². The molecule has 1 fully saturated rings. The van der Waals surface area contributed by atoms with Crippen LogP contribution < -0.4 is 10.2 Å². The van der Waals surface area contributed by atoms with Crippen molar-refractivity contribution in [1.82, 2.24) is 4.90 Å². The zero-order valence-corrected chi connectivity index (χ0v) is 12.8. The molecule has 2 amide bonds. The Kier molecular flexibility index (Phi) is 5.20. The standard InChI is InChI=1S/C16H23N3O2/c1-18(2)14-9-7-13(8-10-14)17-15(20)16(21)19-11-5-3-4-6-12-19/h7-10H,3-6,11-12H2,1-2H3,(H,17,20). The molecule has 0 unspecified atom stereocenters. The third-order valence-electron chi connectivity index (χ3n) is 3.73. The summed E-state index contributed by atoms with van der Waals surface area (Å²) in [6.45, 7) is 1.37. The van der Waals surface area contributed by atoms with E-state index in [1.54, 1.807) is 4.90 Å². The van der Waals surface area contributed by atoms with Crippen LogP contribution in [0.5, 0.6) is 0 Å². The molecule has 0 aromatic heterocycles. The molecule has 0 aliphatic carbocycles. The van der Waals surface area contributed by atoms with Crippen LogP contribution in [0.3, 0.4) is 0 Å². The highest BCUT2D eigenvalue weighted by Crippen LogP contribution is 2.16. The fourth-order valence-corrected chi connectivity index (χ4v) is 2.44. The molecular formula is C16H23N3O2. The smallest absolute Gasteiger partial charge is 0.313 e. The van der Waals surface area contributed by atoms with Gasteiger partial charge in [0.05, 0.1) is 0 Å². The van der Waals surface area contributed by atoms with Gasteiger partial charge in [0.2, 0.25) is 0 Å². The van der Waals surface area contributed by atoms with Crippen LogP contribution in [0.4, 0.5) is 11.4 Å². The van der Waals surface area contributed by atoms with Crippen LogP contribution in [0.2, 0.25) is 0 Å². The third-order valence-corrected chi connectivity index (χ3v) is 3.73. The van der Waals surface area contributed by atoms with Crippen molar-refractivity contribution in [3.63, 3.8) is 0 Å². The largest absolute Gasteiger partial charge is 0.378 e. The first-order valence-corrected chi connectivity index (χ1v) is 7.45. The Morgan fingerprint density at radius 3 is 2.10 bits per heavy atom. The van der Waals surface area contributed by atoms with E-state index in [1.807, 2.05) is 43.3 Å². The molecule has 1 aliphatic rings. The van der Waals surface area contributed by atoms with E-state index in [9.17, 15) is 9.59 Å². The van der Waals surface area contributed by atoms with E-state index >= 15 is 0 Å². The number of carbonyl (C=O) groups is 2. The highest BCUT2D eigenvalue weighted by molar-refractivity contribution is 6.39. The van der Waals surface area contributed by atoms with Gasteiger partial charge in [0.15, 0.2) is 0 Å². The number of hydrogen-bond donors (Lipinski definition) is 1. The Labute approximate surface area is 125 Å². The van der Waals surface area contributed by atoms with Crippen molar-refractivity contribution in [3.8, 4) is 0 Å². The number of carbonyl (C=O) groups excluding carboxylic acids is 2. The summed E-state index contributed by atoms with van der Waals surface area (Å²) < 4.78 is 0. The molecule has 0 atom stereocenters. The van der Waals surface area contributed by atoms with E-state index in [4.69, 9.17) is 0 Å². The number of nitrogens with one attached hydrogen (secondary N) is 1. The lowest BCUT2D eigenvalue weighted by molar-refractivity contribution is -0.143. The minimum atomic E-state index is -0.547. The van der Waals surface area contributed by atoms with Crippen LogP contribution in [0.15, 0.2) is 24.3 Å². The van der Waals surface area contributed by atoms with E-state index in [1.165, 1.54) is 0 Å². The summed E-state index contributed by atoms with van der Waals surface area (Å²) in [5, 5.41) is 2.68. The molecule has 114 valence electrons. The highest BCUT2D eigenvalue weighted by atomic mass is 16.2. The average Bonchev–Trinajstić information content (AvgIpc) is 2.76. The summed E-state index contributed by atoms with van der Waals surface area (Å²) in [6, 6.07) is 7.43. The summed E-state index contributed by atoms with van der Waals surface area (Å²) >= 11 is 0. The predicted octanol–water partition coefficient (Wildman–Crippen LogP) is 2.09. The lowest BCUT2D eigenvalue weighted by atomic mass is 10.2. The van der Waals surface area contributed by atoms with Gasteiger partial charge in [0.25, 0.3) is 0 Å². The van der Waals surface area contributed by atoms with Gasteiger partial charge in [-0.05, 0) is 37.1 Å². The molecular weight excluding hydrogens is 266 g/mol. The minimum absolute atomic E-state index is 0.423. The van der Waals surface area contributed by atoms with Crippen molar-refractivity contribution in [2.75, 3.05) is 37.4 Å². The molecule has 21 heavy (non-hydrogen) atoms. The van der Waals surface area contributed by atoms with Crippen molar-refractivity contribution >= 4 is 23.2 Å². The number of likely N-dealkylation sites (tertiary alicyclic amines) is 1. The Bertz CT molecular complexity index is 489. The maximum absolute atomic E-state index is 12.1. The summed E-state index contributed by atoms with van der Waals surface area (Å²) in [7, 11) is 3.91. The molecule has 1 aliphatic heterocycles. The zero-order chi connectivity index (χ0) is 15.2. The van der Waals surface area contributed by atoms with E-state index in [0.29, 0.717) is 18.8 Å². The number of benzene rings is 1. The second-order valence-electron chi connectivity index (χ2n) is 5.60. The number of rotatable bonds is 2. The summed E-state index contributed by atoms with van der Waals surface area (Å²) in [4.78, 5) is 27.8. The lowest BCUT2D eigenvalue weighted by Crippen LogP contribution is -2.40. The van der Waals surface area contributed by atoms with Crippen LogP contribution in [-0.4, -0.2) is 43.9 Å². The number of anilines is 2. The van der Waals surface area contributed by atoms with E-state index in [0.717, 1.165) is 31.4 Å². The van der Waals surface area contributed by atoms with E-state index < -0.39 is 11.8 Å². The quantitative estimate of drug-likeness (QED) is 0.848. The normalized spacial score (nSPS) is 15.2. The topological polar surface area (TPSA) is 52.7 Å². The molecule has 0 saturated carbocycles. The van der Waals surface area contributed by atoms with Crippen LogP contribution in [-0.2, 0) is 9.59 Å². The van der Waals surface area contributed by atoms with Crippen molar-refractivity contribution in [2.24, 2.45) is 0 Å². The number of amides is 2. The monoisotopic (exact) mass is 289 g/mol. The maximum Gasteiger partial charge on any atom is 0.313 e. The zero-order valence-electron chi connectivity index (χ0n) is 12.8. The van der Waals surface area contributed by atoms with Crippen molar-refractivity contribution in [3.05, 3.63) is 24.3 Å². The van der Waals surface area contributed by atoms with Gasteiger partial charge in [-0.3, -0.25) is 9.59 Å². The van der Waals surface area contributed by atoms with Crippen molar-refractivity contribution in [2.45, 2.75) is 25.7 Å². The molecule has 0 radical (unpaired) electrons. The fraction of sp³-hybridized carbons (Fsp3) is 0.500. The molecule has 0 spiro atoms. The minimum Gasteiger partial charge on any atom is -0.378 e. The van der Waals surface area contributed by atoms with Crippen LogP contribution in [0, 0.1) is 0 Å². The number of nitrogens with zero attached hydrogens (tertiary/aromatic N) is 2. The van der Waals surface area contributed by atoms with E-state index in [2.05, 4.69) is 5.32 Å². The molecule has 2 rings (SSSR count). The molecule has 1 N–H and O–H groups in total. The van der Waals surface area contributed by atoms with Gasteiger partial charge in [-0.25, -0.2) is 0 Å². The SMILES string of the molecule is CN(C)c1ccc(NC(=O)C(=O)N2CCCCCC2)cc1. The summed E-state index contributed by atoms with van der Waals surface area (Å²) in [6.07, 6.45) is 4.24. The Hall–Kier alpha value is -2.04. The molecule has 1 saturated heterocycles. The van der Waals surface area contributed by atoms with Gasteiger partial charge in [-0.1, -0.05) is 12.8 Å². The van der Waals surface area contributed by atoms with Gasteiger partial charge in [-0.15, -0.1) is 0 Å². The van der Waals surface area contributed by atoms with Crippen molar-refractivity contribution < 1.29 is 9.59 Å². The Morgan fingerprint density at radius 2 is 1.57 bits per heavy atom. The first-order valence-electron chi connectivity index (χ1n) is 7.45. The third kappa shape index (κ3) is 4.21. The van der Waals surface area contributed by atoms with E-state index in [-0.39, 0.29) is 0 Å². The van der Waals surface area contributed by atoms with Gasteiger partial charge < -0.3 is 15.1 Å². The second kappa shape index (κ2) is 7.11. The first-order chi connectivity index (χ1) is 10.1. The van der Waals surface area contributed by atoms with Gasteiger partial charge >= 0.3 is 11.8 Å². The Morgan fingerprint density at radius 1 is 1.00 bits per heavy atom. The molecule has 1 aromatic carbocycles. The lowest BCUT2D eigenvalue weighted by Gasteiger charge is -2.19. The fourth-order valence-electron chi connectivity index (χ4n) is 2.44. The first kappa shape index (κ1) is 15.4. The number of hydrogen-bond acceptors (Lipinski definition) is 3. The van der Waals surface area contributed by atoms with Crippen LogP contribution in [0.1, 0.15) is 25.7 Å². The Balaban J connectivity index is 1.95. The average molecular weight is 289 g/mol. The van der Waals surface area contributed by atoms with Crippen LogP contribution >= 0.6 is 0 Å². The molecule has 5 nitrogen and oxygen atoms in total. The maximum atomic E-state index is 12.1. The highest BCUT2D eigenvalue weighted by Gasteiger charge is 2.22. The van der Waals surface area contributed by atoms with Gasteiger partial charge in [-0.2, -0.15) is 0 Å². The van der Waals surface area contributed by atoms with Crippen LogP contribution in [0.25, 0.3) is 0 Å². The second-order valence-corrected chi connectivity index (χ2v) is 5.60. The predicted molar refractivity (Wildman–Crippen MR) is 84.4 cm³/mol. The van der Waals surface area contributed by atoms with Gasteiger partial charge in [0.1, 0.15) is 0 Å². The molecule has 1 aromatic rings. The molecule has 5 heteroatoms. The summed E-state index contributed by atoms with van der Waals surface area (Å²) in [5.41, 5.74) is 1.70.